The van der Waals surface area contributed by atoms with E-state index < -0.39 is 0 Å². The number of H-pyrrole nitrogens is 1. The number of nitrogens with zero attached hydrogens (tertiary/aromatic N) is 1. The predicted molar refractivity (Wildman–Crippen MR) is 58.7 cm³/mol. The Bertz CT molecular complexity index is 521. The second-order valence-corrected chi connectivity index (χ2v) is 3.52. The fourth-order valence-corrected chi connectivity index (χ4v) is 1.48. The van der Waals surface area contributed by atoms with Gasteiger partial charge in [0, 0.05) is 11.9 Å². The molecule has 16 heavy (non-hydrogen) atoms. The molecule has 0 atom stereocenters. The van der Waals surface area contributed by atoms with Gasteiger partial charge in [-0.2, -0.15) is 5.10 Å². The van der Waals surface area contributed by atoms with Crippen LogP contribution in [0.3, 0.4) is 0 Å². The summed E-state index contributed by atoms with van der Waals surface area (Å²) in [6.07, 6.45) is 0.850. The van der Waals surface area contributed by atoms with Crippen molar-refractivity contribution < 1.29 is 9.18 Å². The van der Waals surface area contributed by atoms with E-state index in [-0.39, 0.29) is 17.4 Å². The Hall–Kier alpha value is -1.91. The molecule has 84 valence electrons. The maximum Gasteiger partial charge on any atom is 0.272 e. The molecule has 0 fully saturated rings. The van der Waals surface area contributed by atoms with Crippen LogP contribution in [-0.4, -0.2) is 22.6 Å². The third-order valence-electron chi connectivity index (χ3n) is 2.28. The number of fused-ring (bicyclic) bond motifs is 1. The summed E-state index contributed by atoms with van der Waals surface area (Å²) in [5.41, 5.74) is 0.894. The highest BCUT2D eigenvalue weighted by atomic mass is 19.1. The Morgan fingerprint density at radius 2 is 2.38 bits per heavy atom. The molecule has 1 aromatic carbocycles. The molecule has 1 heterocycles. The Kier molecular flexibility index (Phi) is 2.85. The van der Waals surface area contributed by atoms with Gasteiger partial charge in [0.2, 0.25) is 0 Å². The molecule has 0 saturated heterocycles. The molecule has 0 aliphatic carbocycles. The summed E-state index contributed by atoms with van der Waals surface area (Å²) in [5, 5.41) is 9.79. The number of aromatic nitrogens is 2. The van der Waals surface area contributed by atoms with Crippen LogP contribution in [0.5, 0.6) is 0 Å². The summed E-state index contributed by atoms with van der Waals surface area (Å²) < 4.78 is 13.0. The fourth-order valence-electron chi connectivity index (χ4n) is 1.48. The number of amides is 1. The van der Waals surface area contributed by atoms with Crippen LogP contribution in [0.1, 0.15) is 23.8 Å². The number of halogens is 1. The van der Waals surface area contributed by atoms with Crippen LogP contribution in [0.4, 0.5) is 4.39 Å². The van der Waals surface area contributed by atoms with Crippen molar-refractivity contribution in [2.45, 2.75) is 13.3 Å². The second kappa shape index (κ2) is 4.30. The minimum absolute atomic E-state index is 0.239. The lowest BCUT2D eigenvalue weighted by Crippen LogP contribution is -2.24. The molecule has 2 rings (SSSR count). The highest BCUT2D eigenvalue weighted by Gasteiger charge is 2.13. The first-order valence-electron chi connectivity index (χ1n) is 5.14. The van der Waals surface area contributed by atoms with Gasteiger partial charge < -0.3 is 5.32 Å². The molecular weight excluding hydrogens is 209 g/mol. The molecule has 0 bridgehead atoms. The molecule has 5 heteroatoms. The molecule has 0 aliphatic heterocycles. The fraction of sp³-hybridized carbons (Fsp3) is 0.273. The Labute approximate surface area is 91.8 Å². The minimum atomic E-state index is -0.376. The minimum Gasteiger partial charge on any atom is -0.351 e. The molecule has 1 amide bonds. The van der Waals surface area contributed by atoms with Gasteiger partial charge in [-0.1, -0.05) is 6.92 Å². The van der Waals surface area contributed by atoms with E-state index in [0.29, 0.717) is 17.4 Å². The van der Waals surface area contributed by atoms with Gasteiger partial charge >= 0.3 is 0 Å². The van der Waals surface area contributed by atoms with Crippen LogP contribution in [0, 0.1) is 5.82 Å². The average Bonchev–Trinajstić information content (AvgIpc) is 2.68. The topological polar surface area (TPSA) is 57.8 Å². The van der Waals surface area contributed by atoms with Gasteiger partial charge in [-0.15, -0.1) is 0 Å². The van der Waals surface area contributed by atoms with Crippen molar-refractivity contribution in [3.63, 3.8) is 0 Å². The number of hydrogen-bond acceptors (Lipinski definition) is 2. The van der Waals surface area contributed by atoms with E-state index in [0.717, 1.165) is 6.42 Å². The molecule has 0 unspecified atom stereocenters. The summed E-state index contributed by atoms with van der Waals surface area (Å²) in [6, 6.07) is 4.20. The molecule has 0 saturated carbocycles. The molecule has 4 nitrogen and oxygen atoms in total. The zero-order valence-corrected chi connectivity index (χ0v) is 8.88. The molecule has 2 aromatic rings. The maximum atomic E-state index is 13.0. The van der Waals surface area contributed by atoms with E-state index in [1.807, 2.05) is 6.92 Å². The number of carbonyl (C=O) groups is 1. The van der Waals surface area contributed by atoms with Crippen molar-refractivity contribution in [1.29, 1.82) is 0 Å². The van der Waals surface area contributed by atoms with Gasteiger partial charge in [0.15, 0.2) is 5.69 Å². The van der Waals surface area contributed by atoms with E-state index in [2.05, 4.69) is 15.5 Å². The van der Waals surface area contributed by atoms with Crippen molar-refractivity contribution in [2.24, 2.45) is 0 Å². The van der Waals surface area contributed by atoms with Gasteiger partial charge in [0.05, 0.1) is 5.52 Å². The van der Waals surface area contributed by atoms with Crippen molar-refractivity contribution >= 4 is 16.8 Å². The maximum absolute atomic E-state index is 13.0. The molecule has 0 spiro atoms. The van der Waals surface area contributed by atoms with Gasteiger partial charge in [0.25, 0.3) is 5.91 Å². The average molecular weight is 221 g/mol. The van der Waals surface area contributed by atoms with E-state index in [1.54, 1.807) is 6.07 Å². The number of carbonyl (C=O) groups excluding carboxylic acids is 1. The van der Waals surface area contributed by atoms with Crippen LogP contribution in [0.2, 0.25) is 0 Å². The first-order chi connectivity index (χ1) is 7.72. The molecule has 0 aliphatic rings. The van der Waals surface area contributed by atoms with Crippen LogP contribution in [0.15, 0.2) is 18.2 Å². The normalized spacial score (nSPS) is 10.6. The third-order valence-corrected chi connectivity index (χ3v) is 2.28. The number of benzene rings is 1. The summed E-state index contributed by atoms with van der Waals surface area (Å²) >= 11 is 0. The SMILES string of the molecule is CCCNC(=O)c1n[nH]c2ccc(F)cc12. The van der Waals surface area contributed by atoms with Gasteiger partial charge in [-0.3, -0.25) is 9.89 Å². The number of aromatic amines is 1. The smallest absolute Gasteiger partial charge is 0.272 e. The lowest BCUT2D eigenvalue weighted by Gasteiger charge is -2.00. The standard InChI is InChI=1S/C11H12FN3O/c1-2-5-13-11(16)10-8-6-7(12)3-4-9(8)14-15-10/h3-4,6H,2,5H2,1H3,(H,13,16)(H,14,15). The monoisotopic (exact) mass is 221 g/mol. The number of hydrogen-bond donors (Lipinski definition) is 2. The zero-order chi connectivity index (χ0) is 11.5. The van der Waals surface area contributed by atoms with Gasteiger partial charge in [-0.05, 0) is 24.6 Å². The first kappa shape index (κ1) is 10.6. The largest absolute Gasteiger partial charge is 0.351 e. The zero-order valence-electron chi connectivity index (χ0n) is 8.88. The van der Waals surface area contributed by atoms with E-state index in [4.69, 9.17) is 0 Å². The van der Waals surface area contributed by atoms with Crippen molar-refractivity contribution in [2.75, 3.05) is 6.54 Å². The molecular formula is C11H12FN3O. The number of rotatable bonds is 3. The molecule has 1 aromatic heterocycles. The van der Waals surface area contributed by atoms with Crippen molar-refractivity contribution in [3.05, 3.63) is 29.7 Å². The predicted octanol–water partition coefficient (Wildman–Crippen LogP) is 1.84. The Morgan fingerprint density at radius 3 is 3.12 bits per heavy atom. The summed E-state index contributed by atoms with van der Waals surface area (Å²) in [7, 11) is 0. The van der Waals surface area contributed by atoms with E-state index in [9.17, 15) is 9.18 Å². The lowest BCUT2D eigenvalue weighted by atomic mass is 10.2. The Balaban J connectivity index is 2.37. The van der Waals surface area contributed by atoms with Crippen LogP contribution < -0.4 is 5.32 Å². The van der Waals surface area contributed by atoms with Gasteiger partial charge in [0.1, 0.15) is 5.82 Å². The van der Waals surface area contributed by atoms with E-state index in [1.165, 1.54) is 12.1 Å². The van der Waals surface area contributed by atoms with Crippen LogP contribution in [0.25, 0.3) is 10.9 Å². The van der Waals surface area contributed by atoms with E-state index >= 15 is 0 Å². The third kappa shape index (κ3) is 1.88. The lowest BCUT2D eigenvalue weighted by molar-refractivity contribution is 0.0950. The highest BCUT2D eigenvalue weighted by Crippen LogP contribution is 2.16. The highest BCUT2D eigenvalue weighted by molar-refractivity contribution is 6.04. The molecule has 0 radical (unpaired) electrons. The van der Waals surface area contributed by atoms with Gasteiger partial charge in [-0.25, -0.2) is 4.39 Å². The summed E-state index contributed by atoms with van der Waals surface area (Å²) in [6.45, 7) is 2.55. The molecule has 2 N–H and O–H groups in total. The van der Waals surface area contributed by atoms with Crippen LogP contribution >= 0.6 is 0 Å². The summed E-state index contributed by atoms with van der Waals surface area (Å²) in [4.78, 5) is 11.7. The quantitative estimate of drug-likeness (QED) is 0.830. The van der Waals surface area contributed by atoms with Crippen molar-refractivity contribution in [3.8, 4) is 0 Å². The Morgan fingerprint density at radius 1 is 1.56 bits per heavy atom. The summed E-state index contributed by atoms with van der Waals surface area (Å²) in [5.74, 6) is -0.655. The van der Waals surface area contributed by atoms with Crippen LogP contribution in [-0.2, 0) is 0 Å². The van der Waals surface area contributed by atoms with Crippen molar-refractivity contribution in [1.82, 2.24) is 15.5 Å². The second-order valence-electron chi connectivity index (χ2n) is 3.52. The first-order valence-corrected chi connectivity index (χ1v) is 5.14. The number of nitrogens with one attached hydrogen (secondary N) is 2.